The van der Waals surface area contributed by atoms with Gasteiger partial charge < -0.3 is 5.32 Å². The number of anilines is 1. The molecule has 0 amide bonds. The first-order chi connectivity index (χ1) is 9.17. The van der Waals surface area contributed by atoms with E-state index in [2.05, 4.69) is 16.4 Å². The highest BCUT2D eigenvalue weighted by molar-refractivity contribution is 6.30. The predicted molar refractivity (Wildman–Crippen MR) is 80.8 cm³/mol. The van der Waals surface area contributed by atoms with Crippen molar-refractivity contribution < 1.29 is 0 Å². The number of hydrogen-bond acceptors (Lipinski definition) is 2. The summed E-state index contributed by atoms with van der Waals surface area (Å²) in [7, 11) is 0. The molecule has 2 fully saturated rings. The lowest BCUT2D eigenvalue weighted by Gasteiger charge is -2.37. The Balaban J connectivity index is 1.58. The number of hydrogen-bond donors (Lipinski definition) is 1. The first kappa shape index (κ1) is 13.2. The molecule has 104 valence electrons. The summed E-state index contributed by atoms with van der Waals surface area (Å²) in [6.07, 6.45) is 13.1. The van der Waals surface area contributed by atoms with E-state index in [1.807, 2.05) is 13.1 Å². The van der Waals surface area contributed by atoms with Gasteiger partial charge in [0, 0.05) is 6.04 Å². The highest BCUT2D eigenvalue weighted by Gasteiger charge is 2.37. The summed E-state index contributed by atoms with van der Waals surface area (Å²) < 4.78 is 0. The molecule has 2 aliphatic carbocycles. The predicted octanol–water partition coefficient (Wildman–Crippen LogP) is 4.96. The lowest BCUT2D eigenvalue weighted by molar-refractivity contribution is 0.188. The van der Waals surface area contributed by atoms with Crippen LogP contribution >= 0.6 is 11.6 Å². The van der Waals surface area contributed by atoms with Gasteiger partial charge in [-0.3, -0.25) is 0 Å². The molecule has 0 radical (unpaired) electrons. The van der Waals surface area contributed by atoms with E-state index in [4.69, 9.17) is 11.6 Å². The van der Waals surface area contributed by atoms with Gasteiger partial charge in [-0.15, -0.1) is 0 Å². The lowest BCUT2D eigenvalue weighted by Crippen LogP contribution is -2.31. The molecule has 19 heavy (non-hydrogen) atoms. The van der Waals surface area contributed by atoms with E-state index in [1.54, 1.807) is 0 Å². The van der Waals surface area contributed by atoms with Crippen LogP contribution < -0.4 is 5.32 Å². The summed E-state index contributed by atoms with van der Waals surface area (Å²) >= 11 is 5.97. The Morgan fingerprint density at radius 1 is 1.21 bits per heavy atom. The van der Waals surface area contributed by atoms with Crippen molar-refractivity contribution in [3.8, 4) is 0 Å². The molecule has 0 unspecified atom stereocenters. The maximum Gasteiger partial charge on any atom is 0.132 e. The quantitative estimate of drug-likeness (QED) is 0.774. The van der Waals surface area contributed by atoms with Crippen molar-refractivity contribution in [2.45, 2.75) is 64.3 Å². The van der Waals surface area contributed by atoms with Gasteiger partial charge in [0.2, 0.25) is 0 Å². The zero-order chi connectivity index (χ0) is 13.3. The fourth-order valence-electron chi connectivity index (χ4n) is 3.87. The Morgan fingerprint density at radius 2 is 1.89 bits per heavy atom. The Hall–Kier alpha value is -0.760. The van der Waals surface area contributed by atoms with E-state index in [9.17, 15) is 0 Å². The topological polar surface area (TPSA) is 24.9 Å². The zero-order valence-corrected chi connectivity index (χ0v) is 12.5. The van der Waals surface area contributed by atoms with Gasteiger partial charge in [0.25, 0.3) is 0 Å². The standard InChI is InChI=1S/C16H23ClN2/c1-12-10-14(11-18-15(12)17)19-13-4-8-16(9-5-13)6-2-3-7-16/h10-11,13,19H,2-9H2,1H3. The molecule has 1 N–H and O–H groups in total. The van der Waals surface area contributed by atoms with Crippen LogP contribution in [0, 0.1) is 12.3 Å². The minimum absolute atomic E-state index is 0.610. The molecule has 0 bridgehead atoms. The van der Waals surface area contributed by atoms with E-state index in [-0.39, 0.29) is 0 Å². The number of pyridine rings is 1. The van der Waals surface area contributed by atoms with Crippen LogP contribution in [0.4, 0.5) is 5.69 Å². The first-order valence-corrected chi connectivity index (χ1v) is 7.93. The largest absolute Gasteiger partial charge is 0.381 e. The molecule has 1 heterocycles. The molecule has 0 aromatic carbocycles. The number of nitrogens with one attached hydrogen (secondary N) is 1. The molecular formula is C16H23ClN2. The van der Waals surface area contributed by atoms with E-state index in [0.29, 0.717) is 16.6 Å². The molecule has 3 heteroatoms. The highest BCUT2D eigenvalue weighted by Crippen LogP contribution is 2.49. The van der Waals surface area contributed by atoms with E-state index in [1.165, 1.54) is 51.4 Å². The fourth-order valence-corrected chi connectivity index (χ4v) is 3.98. The third-order valence-electron chi connectivity index (χ3n) is 5.10. The van der Waals surface area contributed by atoms with Crippen LogP contribution in [0.5, 0.6) is 0 Å². The molecule has 3 rings (SSSR count). The molecule has 0 atom stereocenters. The van der Waals surface area contributed by atoms with Crippen LogP contribution in [0.2, 0.25) is 5.15 Å². The Labute approximate surface area is 121 Å². The van der Waals surface area contributed by atoms with Gasteiger partial charge >= 0.3 is 0 Å². The van der Waals surface area contributed by atoms with Crippen molar-refractivity contribution in [3.63, 3.8) is 0 Å². The van der Waals surface area contributed by atoms with Gasteiger partial charge in [-0.2, -0.15) is 0 Å². The maximum atomic E-state index is 5.97. The van der Waals surface area contributed by atoms with Gasteiger partial charge in [0.15, 0.2) is 0 Å². The summed E-state index contributed by atoms with van der Waals surface area (Å²) in [5.74, 6) is 0. The Bertz CT molecular complexity index is 442. The van der Waals surface area contributed by atoms with Gasteiger partial charge in [-0.1, -0.05) is 24.4 Å². The van der Waals surface area contributed by atoms with Crippen molar-refractivity contribution >= 4 is 17.3 Å². The van der Waals surface area contributed by atoms with Crippen LogP contribution in [0.1, 0.15) is 56.9 Å². The minimum atomic E-state index is 0.610. The van der Waals surface area contributed by atoms with Gasteiger partial charge in [-0.25, -0.2) is 4.98 Å². The third-order valence-corrected chi connectivity index (χ3v) is 5.49. The van der Waals surface area contributed by atoms with E-state index >= 15 is 0 Å². The fraction of sp³-hybridized carbons (Fsp3) is 0.688. The molecular weight excluding hydrogens is 256 g/mol. The van der Waals surface area contributed by atoms with Gasteiger partial charge in [0.05, 0.1) is 11.9 Å². The summed E-state index contributed by atoms with van der Waals surface area (Å²) in [6, 6.07) is 2.73. The van der Waals surface area contributed by atoms with Crippen molar-refractivity contribution in [1.29, 1.82) is 0 Å². The molecule has 0 saturated heterocycles. The number of rotatable bonds is 2. The smallest absolute Gasteiger partial charge is 0.132 e. The molecule has 1 spiro atoms. The number of aryl methyl sites for hydroxylation is 1. The van der Waals surface area contributed by atoms with E-state index < -0.39 is 0 Å². The van der Waals surface area contributed by atoms with Crippen LogP contribution in [0.3, 0.4) is 0 Å². The SMILES string of the molecule is Cc1cc(NC2CCC3(CCCC3)CC2)cnc1Cl. The summed E-state index contributed by atoms with van der Waals surface area (Å²) in [5, 5.41) is 4.24. The van der Waals surface area contributed by atoms with E-state index in [0.717, 1.165) is 11.3 Å². The average Bonchev–Trinajstić information content (AvgIpc) is 2.86. The van der Waals surface area contributed by atoms with Gasteiger partial charge in [-0.05, 0) is 62.5 Å². The Morgan fingerprint density at radius 3 is 2.53 bits per heavy atom. The maximum absolute atomic E-state index is 5.97. The number of aromatic nitrogens is 1. The normalized spacial score (nSPS) is 22.8. The van der Waals surface area contributed by atoms with Crippen molar-refractivity contribution in [3.05, 3.63) is 23.0 Å². The monoisotopic (exact) mass is 278 g/mol. The number of halogens is 1. The molecule has 2 nitrogen and oxygen atoms in total. The zero-order valence-electron chi connectivity index (χ0n) is 11.7. The minimum Gasteiger partial charge on any atom is -0.381 e. The van der Waals surface area contributed by atoms with Crippen molar-refractivity contribution in [2.75, 3.05) is 5.32 Å². The van der Waals surface area contributed by atoms with Crippen LogP contribution in [-0.2, 0) is 0 Å². The van der Waals surface area contributed by atoms with Crippen molar-refractivity contribution in [2.24, 2.45) is 5.41 Å². The average molecular weight is 279 g/mol. The summed E-state index contributed by atoms with van der Waals surface area (Å²) in [6.45, 7) is 2.01. The molecule has 2 saturated carbocycles. The van der Waals surface area contributed by atoms with Gasteiger partial charge in [0.1, 0.15) is 5.15 Å². The lowest BCUT2D eigenvalue weighted by atomic mass is 9.71. The third kappa shape index (κ3) is 2.89. The molecule has 0 aliphatic heterocycles. The second-order valence-electron chi connectivity index (χ2n) is 6.46. The molecule has 1 aromatic heterocycles. The van der Waals surface area contributed by atoms with Crippen molar-refractivity contribution in [1.82, 2.24) is 4.98 Å². The summed E-state index contributed by atoms with van der Waals surface area (Å²) in [5.41, 5.74) is 2.89. The van der Waals surface area contributed by atoms with Crippen LogP contribution in [0.15, 0.2) is 12.3 Å². The van der Waals surface area contributed by atoms with Crippen LogP contribution in [-0.4, -0.2) is 11.0 Å². The second-order valence-corrected chi connectivity index (χ2v) is 6.82. The molecule has 2 aliphatic rings. The van der Waals surface area contributed by atoms with Crippen LogP contribution in [0.25, 0.3) is 0 Å². The number of nitrogens with zero attached hydrogens (tertiary/aromatic N) is 1. The molecule has 1 aromatic rings. The first-order valence-electron chi connectivity index (χ1n) is 7.56. The second kappa shape index (κ2) is 5.32. The summed E-state index contributed by atoms with van der Waals surface area (Å²) in [4.78, 5) is 4.22. The Kier molecular flexibility index (Phi) is 3.70. The highest BCUT2D eigenvalue weighted by atomic mass is 35.5.